The second-order valence-electron chi connectivity index (χ2n) is 5.31. The fraction of sp³-hybridized carbons (Fsp3) is 0.438. The van der Waals surface area contributed by atoms with E-state index in [2.05, 4.69) is 6.58 Å². The van der Waals surface area contributed by atoms with Gasteiger partial charge in [-0.2, -0.15) is 0 Å². The van der Waals surface area contributed by atoms with Crippen LogP contribution in [0, 0.1) is 10.1 Å². The fourth-order valence-electron chi connectivity index (χ4n) is 2.90. The predicted molar refractivity (Wildman–Crippen MR) is 81.2 cm³/mol. The van der Waals surface area contributed by atoms with Crippen molar-refractivity contribution in [3.05, 3.63) is 52.6 Å². The maximum Gasteiger partial charge on any atom is 0.282 e. The average molecular weight is 288 g/mol. The molecule has 0 aliphatic heterocycles. The summed E-state index contributed by atoms with van der Waals surface area (Å²) in [7, 11) is 0. The Hall–Kier alpha value is -2.17. The van der Waals surface area contributed by atoms with E-state index in [-0.39, 0.29) is 23.2 Å². The zero-order valence-electron chi connectivity index (χ0n) is 12.0. The van der Waals surface area contributed by atoms with Crippen LogP contribution in [0.1, 0.15) is 42.5 Å². The van der Waals surface area contributed by atoms with Gasteiger partial charge < -0.3 is 4.90 Å². The van der Waals surface area contributed by atoms with Crippen LogP contribution < -0.4 is 0 Å². The molecule has 2 rings (SSSR count). The first kappa shape index (κ1) is 15.2. The van der Waals surface area contributed by atoms with Gasteiger partial charge in [0.1, 0.15) is 5.56 Å². The van der Waals surface area contributed by atoms with E-state index in [9.17, 15) is 14.9 Å². The van der Waals surface area contributed by atoms with Crippen LogP contribution >= 0.6 is 0 Å². The highest BCUT2D eigenvalue weighted by molar-refractivity contribution is 5.98. The van der Waals surface area contributed by atoms with Crippen molar-refractivity contribution in [1.29, 1.82) is 0 Å². The lowest BCUT2D eigenvalue weighted by molar-refractivity contribution is -0.385. The van der Waals surface area contributed by atoms with Crippen molar-refractivity contribution in [3.8, 4) is 0 Å². The summed E-state index contributed by atoms with van der Waals surface area (Å²) in [6, 6.07) is 6.30. The first-order valence-electron chi connectivity index (χ1n) is 7.30. The molecule has 1 aliphatic carbocycles. The van der Waals surface area contributed by atoms with E-state index in [1.807, 2.05) is 0 Å². The fourth-order valence-corrected chi connectivity index (χ4v) is 2.90. The van der Waals surface area contributed by atoms with Gasteiger partial charge in [-0.25, -0.2) is 0 Å². The van der Waals surface area contributed by atoms with E-state index in [1.165, 1.54) is 18.6 Å². The first-order valence-corrected chi connectivity index (χ1v) is 7.30. The van der Waals surface area contributed by atoms with E-state index in [4.69, 9.17) is 0 Å². The lowest BCUT2D eigenvalue weighted by atomic mass is 9.93. The zero-order valence-corrected chi connectivity index (χ0v) is 12.0. The molecule has 1 aromatic carbocycles. The summed E-state index contributed by atoms with van der Waals surface area (Å²) in [5.41, 5.74) is 0.0299. The molecule has 5 nitrogen and oxygen atoms in total. The molecular formula is C16H20N2O3. The minimum atomic E-state index is -0.500. The Morgan fingerprint density at radius 2 is 2.00 bits per heavy atom. The van der Waals surface area contributed by atoms with Gasteiger partial charge in [0.15, 0.2) is 0 Å². The topological polar surface area (TPSA) is 63.5 Å². The van der Waals surface area contributed by atoms with Gasteiger partial charge in [0, 0.05) is 18.7 Å². The molecule has 21 heavy (non-hydrogen) atoms. The molecule has 0 N–H and O–H groups in total. The Kier molecular flexibility index (Phi) is 5.09. The van der Waals surface area contributed by atoms with Crippen molar-refractivity contribution in [2.75, 3.05) is 6.54 Å². The molecule has 1 fully saturated rings. The monoisotopic (exact) mass is 288 g/mol. The molecule has 1 aromatic rings. The van der Waals surface area contributed by atoms with Gasteiger partial charge in [-0.05, 0) is 18.9 Å². The molecule has 0 saturated heterocycles. The van der Waals surface area contributed by atoms with Crippen LogP contribution in [-0.4, -0.2) is 28.3 Å². The molecule has 1 saturated carbocycles. The number of carbonyl (C=O) groups is 1. The van der Waals surface area contributed by atoms with Crippen molar-refractivity contribution in [3.63, 3.8) is 0 Å². The number of nitro groups is 1. The van der Waals surface area contributed by atoms with Gasteiger partial charge in [-0.3, -0.25) is 14.9 Å². The van der Waals surface area contributed by atoms with E-state index >= 15 is 0 Å². The van der Waals surface area contributed by atoms with Crippen LogP contribution in [0.5, 0.6) is 0 Å². The molecule has 0 atom stereocenters. The number of nitro benzene ring substituents is 1. The molecule has 0 unspecified atom stereocenters. The SMILES string of the molecule is C=CCN(C(=O)c1ccccc1[N+](=O)[O-])C1CCCCC1. The molecule has 1 aliphatic rings. The van der Waals surface area contributed by atoms with Crippen molar-refractivity contribution in [2.45, 2.75) is 38.1 Å². The third-order valence-electron chi connectivity index (χ3n) is 3.93. The quantitative estimate of drug-likeness (QED) is 0.473. The average Bonchev–Trinajstić information content (AvgIpc) is 2.52. The molecule has 5 heteroatoms. The third-order valence-corrected chi connectivity index (χ3v) is 3.93. The molecule has 1 amide bonds. The first-order chi connectivity index (χ1) is 10.1. The van der Waals surface area contributed by atoms with Crippen molar-refractivity contribution in [1.82, 2.24) is 4.90 Å². The van der Waals surface area contributed by atoms with Gasteiger partial charge >= 0.3 is 0 Å². The van der Waals surface area contributed by atoms with Crippen molar-refractivity contribution >= 4 is 11.6 Å². The summed E-state index contributed by atoms with van der Waals surface area (Å²) >= 11 is 0. The summed E-state index contributed by atoms with van der Waals surface area (Å²) in [4.78, 5) is 25.1. The minimum absolute atomic E-state index is 0.132. The number of nitrogens with zero attached hydrogens (tertiary/aromatic N) is 2. The van der Waals surface area contributed by atoms with Crippen LogP contribution in [0.2, 0.25) is 0 Å². The van der Waals surface area contributed by atoms with Gasteiger partial charge in [0.05, 0.1) is 4.92 Å². The summed E-state index contributed by atoms with van der Waals surface area (Å²) < 4.78 is 0. The van der Waals surface area contributed by atoms with Gasteiger partial charge in [-0.1, -0.05) is 37.5 Å². The largest absolute Gasteiger partial charge is 0.332 e. The smallest absolute Gasteiger partial charge is 0.282 e. The maximum atomic E-state index is 12.7. The standard InChI is InChI=1S/C16H20N2O3/c1-2-12-17(13-8-4-3-5-9-13)16(19)14-10-6-7-11-15(14)18(20)21/h2,6-7,10-11,13H,1,3-5,8-9,12H2. The summed E-state index contributed by atoms with van der Waals surface area (Å²) in [6.07, 6.45) is 6.99. The van der Waals surface area contributed by atoms with Gasteiger partial charge in [-0.15, -0.1) is 6.58 Å². The Morgan fingerprint density at radius 3 is 2.62 bits per heavy atom. The predicted octanol–water partition coefficient (Wildman–Crippen LogP) is 3.56. The Bertz CT molecular complexity index is 536. The third kappa shape index (κ3) is 3.48. The maximum absolute atomic E-state index is 12.7. The lowest BCUT2D eigenvalue weighted by Crippen LogP contribution is -2.41. The molecule has 0 heterocycles. The molecular weight excluding hydrogens is 268 g/mol. The summed E-state index contributed by atoms with van der Waals surface area (Å²) in [5, 5.41) is 11.1. The van der Waals surface area contributed by atoms with Crippen LogP contribution in [0.4, 0.5) is 5.69 Å². The number of hydrogen-bond donors (Lipinski definition) is 0. The number of carbonyl (C=O) groups excluding carboxylic acids is 1. The Morgan fingerprint density at radius 1 is 1.33 bits per heavy atom. The second-order valence-corrected chi connectivity index (χ2v) is 5.31. The molecule has 0 bridgehead atoms. The van der Waals surface area contributed by atoms with Crippen LogP contribution in [-0.2, 0) is 0 Å². The normalized spacial score (nSPS) is 15.4. The second kappa shape index (κ2) is 7.02. The number of para-hydroxylation sites is 1. The van der Waals surface area contributed by atoms with Crippen molar-refractivity contribution < 1.29 is 9.72 Å². The van der Waals surface area contributed by atoms with Crippen LogP contribution in [0.15, 0.2) is 36.9 Å². The van der Waals surface area contributed by atoms with Crippen molar-refractivity contribution in [2.24, 2.45) is 0 Å². The molecule has 0 aromatic heterocycles. The molecule has 0 spiro atoms. The van der Waals surface area contributed by atoms with Crippen LogP contribution in [0.25, 0.3) is 0 Å². The van der Waals surface area contributed by atoms with E-state index in [0.717, 1.165) is 25.7 Å². The van der Waals surface area contributed by atoms with Gasteiger partial charge in [0.2, 0.25) is 0 Å². The number of amides is 1. The highest BCUT2D eigenvalue weighted by Gasteiger charge is 2.29. The number of rotatable bonds is 5. The highest BCUT2D eigenvalue weighted by atomic mass is 16.6. The molecule has 0 radical (unpaired) electrons. The number of hydrogen-bond acceptors (Lipinski definition) is 3. The van der Waals surface area contributed by atoms with Crippen LogP contribution in [0.3, 0.4) is 0 Å². The summed E-state index contributed by atoms with van der Waals surface area (Å²) in [5.74, 6) is -0.269. The summed E-state index contributed by atoms with van der Waals surface area (Å²) in [6.45, 7) is 4.13. The highest BCUT2D eigenvalue weighted by Crippen LogP contribution is 2.26. The van der Waals surface area contributed by atoms with E-state index in [0.29, 0.717) is 6.54 Å². The lowest BCUT2D eigenvalue weighted by Gasteiger charge is -2.33. The Labute approximate surface area is 124 Å². The Balaban J connectivity index is 2.29. The minimum Gasteiger partial charge on any atom is -0.332 e. The number of benzene rings is 1. The zero-order chi connectivity index (χ0) is 15.2. The van der Waals surface area contributed by atoms with E-state index in [1.54, 1.807) is 23.1 Å². The van der Waals surface area contributed by atoms with Gasteiger partial charge in [0.25, 0.3) is 11.6 Å². The molecule has 112 valence electrons. The van der Waals surface area contributed by atoms with E-state index < -0.39 is 4.92 Å².